The predicted molar refractivity (Wildman–Crippen MR) is 79.1 cm³/mol. The number of hydrogen-bond donors (Lipinski definition) is 2. The molecule has 1 aromatic carbocycles. The highest BCUT2D eigenvalue weighted by atomic mass is 35.5. The van der Waals surface area contributed by atoms with Crippen LogP contribution in [0.3, 0.4) is 0 Å². The second-order valence-corrected chi connectivity index (χ2v) is 4.94. The van der Waals surface area contributed by atoms with Crippen LogP contribution >= 0.6 is 11.6 Å². The number of H-pyrrole nitrogens is 1. The van der Waals surface area contributed by atoms with Crippen molar-refractivity contribution in [3.8, 4) is 0 Å². The molecule has 0 spiro atoms. The molecular formula is C15H15ClN2O3. The maximum absolute atomic E-state index is 11.7. The lowest BCUT2D eigenvalue weighted by Crippen LogP contribution is -2.31. The van der Waals surface area contributed by atoms with E-state index in [0.717, 1.165) is 5.56 Å². The number of amides is 1. The first kappa shape index (κ1) is 15.1. The summed E-state index contributed by atoms with van der Waals surface area (Å²) in [6, 6.07) is 10.2. The van der Waals surface area contributed by atoms with Crippen molar-refractivity contribution in [2.45, 2.75) is 13.0 Å². The summed E-state index contributed by atoms with van der Waals surface area (Å²) in [5.41, 5.74) is 1.23. The summed E-state index contributed by atoms with van der Waals surface area (Å²) in [5, 5.41) is 3.38. The Morgan fingerprint density at radius 2 is 2.00 bits per heavy atom. The molecule has 1 amide bonds. The van der Waals surface area contributed by atoms with Crippen molar-refractivity contribution in [1.29, 1.82) is 0 Å². The molecule has 0 radical (unpaired) electrons. The van der Waals surface area contributed by atoms with E-state index in [-0.39, 0.29) is 18.6 Å². The Kier molecular flexibility index (Phi) is 5.00. The molecule has 0 saturated carbocycles. The zero-order chi connectivity index (χ0) is 15.2. The smallest absolute Gasteiger partial charge is 0.355 e. The first-order chi connectivity index (χ1) is 10.1. The Hall–Kier alpha value is -2.27. The summed E-state index contributed by atoms with van der Waals surface area (Å²) < 4.78 is 4.90. The van der Waals surface area contributed by atoms with Crippen LogP contribution in [-0.2, 0) is 9.53 Å². The Bertz CT molecular complexity index is 608. The van der Waals surface area contributed by atoms with Crippen LogP contribution in [0.2, 0.25) is 5.02 Å². The van der Waals surface area contributed by atoms with E-state index in [2.05, 4.69) is 10.3 Å². The minimum absolute atomic E-state index is 0.195. The fourth-order valence-electron chi connectivity index (χ4n) is 1.78. The molecule has 2 N–H and O–H groups in total. The van der Waals surface area contributed by atoms with Crippen LogP contribution in [0.5, 0.6) is 0 Å². The fraction of sp³-hybridized carbons (Fsp3) is 0.200. The van der Waals surface area contributed by atoms with Crippen LogP contribution in [-0.4, -0.2) is 23.5 Å². The first-order valence-corrected chi connectivity index (χ1v) is 6.79. The van der Waals surface area contributed by atoms with Crippen molar-refractivity contribution in [2.24, 2.45) is 0 Å². The summed E-state index contributed by atoms with van der Waals surface area (Å²) in [6.45, 7) is 1.52. The second-order valence-electron chi connectivity index (χ2n) is 4.50. The SMILES string of the molecule is C[C@@H](NC(=O)COC(=O)c1ccc[nH]1)c1ccc(Cl)cc1. The molecule has 2 aromatic rings. The molecule has 6 heteroatoms. The van der Waals surface area contributed by atoms with Gasteiger partial charge in [-0.3, -0.25) is 4.79 Å². The summed E-state index contributed by atoms with van der Waals surface area (Å²) >= 11 is 5.81. The highest BCUT2D eigenvalue weighted by molar-refractivity contribution is 6.30. The third-order valence-electron chi connectivity index (χ3n) is 2.90. The van der Waals surface area contributed by atoms with E-state index in [1.807, 2.05) is 19.1 Å². The molecular weight excluding hydrogens is 292 g/mol. The van der Waals surface area contributed by atoms with Gasteiger partial charge in [0, 0.05) is 11.2 Å². The van der Waals surface area contributed by atoms with Crippen LogP contribution in [0.1, 0.15) is 29.0 Å². The van der Waals surface area contributed by atoms with Gasteiger partial charge < -0.3 is 15.0 Å². The topological polar surface area (TPSA) is 71.2 Å². The van der Waals surface area contributed by atoms with Gasteiger partial charge in [0.15, 0.2) is 6.61 Å². The normalized spacial score (nSPS) is 11.7. The highest BCUT2D eigenvalue weighted by Gasteiger charge is 2.13. The lowest BCUT2D eigenvalue weighted by atomic mass is 10.1. The van der Waals surface area contributed by atoms with Gasteiger partial charge in [-0.15, -0.1) is 0 Å². The molecule has 0 fully saturated rings. The van der Waals surface area contributed by atoms with Gasteiger partial charge in [-0.1, -0.05) is 23.7 Å². The summed E-state index contributed by atoms with van der Waals surface area (Å²) in [6.07, 6.45) is 1.61. The van der Waals surface area contributed by atoms with E-state index in [4.69, 9.17) is 16.3 Å². The number of rotatable bonds is 5. The summed E-state index contributed by atoms with van der Waals surface area (Å²) in [7, 11) is 0. The van der Waals surface area contributed by atoms with Crippen LogP contribution in [0, 0.1) is 0 Å². The summed E-state index contributed by atoms with van der Waals surface area (Å²) in [4.78, 5) is 26.0. The van der Waals surface area contributed by atoms with Crippen molar-refractivity contribution in [3.05, 3.63) is 58.9 Å². The van der Waals surface area contributed by atoms with Gasteiger partial charge in [-0.25, -0.2) is 4.79 Å². The number of aromatic nitrogens is 1. The minimum Gasteiger partial charge on any atom is -0.451 e. The molecule has 1 heterocycles. The second kappa shape index (κ2) is 6.95. The zero-order valence-electron chi connectivity index (χ0n) is 11.4. The molecule has 0 aliphatic heterocycles. The monoisotopic (exact) mass is 306 g/mol. The molecule has 1 aromatic heterocycles. The van der Waals surface area contributed by atoms with Gasteiger partial charge in [-0.2, -0.15) is 0 Å². The molecule has 1 atom stereocenters. The number of benzene rings is 1. The Labute approximate surface area is 127 Å². The van der Waals surface area contributed by atoms with E-state index >= 15 is 0 Å². The Morgan fingerprint density at radius 3 is 2.62 bits per heavy atom. The van der Waals surface area contributed by atoms with Gasteiger partial charge in [0.05, 0.1) is 6.04 Å². The highest BCUT2D eigenvalue weighted by Crippen LogP contribution is 2.15. The molecule has 0 aliphatic rings. The Balaban J connectivity index is 1.81. The van der Waals surface area contributed by atoms with Gasteiger partial charge >= 0.3 is 5.97 Å². The number of nitrogens with one attached hydrogen (secondary N) is 2. The van der Waals surface area contributed by atoms with E-state index in [0.29, 0.717) is 10.7 Å². The lowest BCUT2D eigenvalue weighted by Gasteiger charge is -2.14. The quantitative estimate of drug-likeness (QED) is 0.834. The van der Waals surface area contributed by atoms with Crippen molar-refractivity contribution >= 4 is 23.5 Å². The van der Waals surface area contributed by atoms with Crippen LogP contribution in [0.4, 0.5) is 0 Å². The van der Waals surface area contributed by atoms with Crippen LogP contribution in [0.25, 0.3) is 0 Å². The van der Waals surface area contributed by atoms with Gasteiger partial charge in [0.2, 0.25) is 0 Å². The molecule has 0 saturated heterocycles. The van der Waals surface area contributed by atoms with Crippen molar-refractivity contribution < 1.29 is 14.3 Å². The molecule has 0 unspecified atom stereocenters. The standard InChI is InChI=1S/C15H15ClN2O3/c1-10(11-4-6-12(16)7-5-11)18-14(19)9-21-15(20)13-3-2-8-17-13/h2-8,10,17H,9H2,1H3,(H,18,19)/t10-/m1/s1. The molecule has 110 valence electrons. The number of aromatic amines is 1. The predicted octanol–water partition coefficient (Wildman–Crippen LogP) is 2.70. The number of hydrogen-bond acceptors (Lipinski definition) is 3. The average Bonchev–Trinajstić information content (AvgIpc) is 2.99. The van der Waals surface area contributed by atoms with Gasteiger partial charge in [-0.05, 0) is 36.8 Å². The lowest BCUT2D eigenvalue weighted by molar-refractivity contribution is -0.124. The molecule has 2 rings (SSSR count). The number of halogens is 1. The zero-order valence-corrected chi connectivity index (χ0v) is 12.2. The first-order valence-electron chi connectivity index (χ1n) is 6.41. The van der Waals surface area contributed by atoms with Crippen LogP contribution in [0.15, 0.2) is 42.6 Å². The number of carbonyl (C=O) groups is 2. The molecule has 0 bridgehead atoms. The van der Waals surface area contributed by atoms with Gasteiger partial charge in [0.25, 0.3) is 5.91 Å². The van der Waals surface area contributed by atoms with E-state index in [9.17, 15) is 9.59 Å². The van der Waals surface area contributed by atoms with E-state index in [1.54, 1.807) is 30.5 Å². The average molecular weight is 307 g/mol. The number of ether oxygens (including phenoxy) is 1. The number of esters is 1. The largest absolute Gasteiger partial charge is 0.451 e. The molecule has 21 heavy (non-hydrogen) atoms. The minimum atomic E-state index is -0.561. The van der Waals surface area contributed by atoms with E-state index in [1.165, 1.54) is 0 Å². The van der Waals surface area contributed by atoms with Crippen molar-refractivity contribution in [3.63, 3.8) is 0 Å². The van der Waals surface area contributed by atoms with Gasteiger partial charge in [0.1, 0.15) is 5.69 Å². The molecule has 0 aliphatic carbocycles. The fourth-order valence-corrected chi connectivity index (χ4v) is 1.91. The maximum atomic E-state index is 11.7. The molecule has 5 nitrogen and oxygen atoms in total. The Morgan fingerprint density at radius 1 is 1.29 bits per heavy atom. The van der Waals surface area contributed by atoms with Crippen molar-refractivity contribution in [1.82, 2.24) is 10.3 Å². The maximum Gasteiger partial charge on any atom is 0.355 e. The summed E-state index contributed by atoms with van der Waals surface area (Å²) in [5.74, 6) is -0.924. The van der Waals surface area contributed by atoms with Crippen molar-refractivity contribution in [2.75, 3.05) is 6.61 Å². The van der Waals surface area contributed by atoms with Crippen LogP contribution < -0.4 is 5.32 Å². The van der Waals surface area contributed by atoms with E-state index < -0.39 is 5.97 Å². The number of carbonyl (C=O) groups excluding carboxylic acids is 2. The third-order valence-corrected chi connectivity index (χ3v) is 3.15. The third kappa shape index (κ3) is 4.36.